The molecule has 0 spiro atoms. The molecular formula is C14H14Cl2N2. The van der Waals surface area contributed by atoms with E-state index in [4.69, 9.17) is 23.2 Å². The number of aromatic nitrogens is 1. The third-order valence-electron chi connectivity index (χ3n) is 2.78. The maximum Gasteiger partial charge on any atom is 0.0595 e. The number of aryl methyl sites for hydroxylation is 1. The van der Waals surface area contributed by atoms with Crippen molar-refractivity contribution in [2.24, 2.45) is 0 Å². The average Bonchev–Trinajstić information content (AvgIpc) is 2.36. The van der Waals surface area contributed by atoms with Crippen LogP contribution in [0.3, 0.4) is 0 Å². The van der Waals surface area contributed by atoms with Crippen LogP contribution in [0.2, 0.25) is 10.0 Å². The Bertz CT molecular complexity index is 541. The first-order chi connectivity index (χ1) is 8.66. The number of hydrogen-bond acceptors (Lipinski definition) is 2. The van der Waals surface area contributed by atoms with Gasteiger partial charge in [0.2, 0.25) is 0 Å². The van der Waals surface area contributed by atoms with Gasteiger partial charge in [-0.1, -0.05) is 29.3 Å². The molecule has 0 unspecified atom stereocenters. The van der Waals surface area contributed by atoms with Crippen molar-refractivity contribution in [1.29, 1.82) is 0 Å². The number of nitrogens with one attached hydrogen (secondary N) is 1. The number of nitrogens with zero attached hydrogens (tertiary/aromatic N) is 1. The quantitative estimate of drug-likeness (QED) is 0.916. The second-order valence-corrected chi connectivity index (χ2v) is 4.97. The fourth-order valence-electron chi connectivity index (χ4n) is 1.67. The van der Waals surface area contributed by atoms with E-state index in [2.05, 4.69) is 17.2 Å². The lowest BCUT2D eigenvalue weighted by Gasteiger charge is -2.08. The number of halogens is 2. The molecule has 1 heterocycles. The van der Waals surface area contributed by atoms with E-state index in [1.165, 1.54) is 11.1 Å². The molecule has 1 aromatic carbocycles. The predicted molar refractivity (Wildman–Crippen MR) is 76.0 cm³/mol. The molecule has 0 bridgehead atoms. The van der Waals surface area contributed by atoms with Crippen LogP contribution >= 0.6 is 23.2 Å². The molecule has 0 saturated carbocycles. The molecule has 94 valence electrons. The van der Waals surface area contributed by atoms with Crippen LogP contribution in [0.15, 0.2) is 36.7 Å². The molecule has 0 fully saturated rings. The van der Waals surface area contributed by atoms with Crippen molar-refractivity contribution in [1.82, 2.24) is 10.3 Å². The molecule has 0 aliphatic heterocycles. The highest BCUT2D eigenvalue weighted by Crippen LogP contribution is 2.22. The zero-order chi connectivity index (χ0) is 13.0. The largest absolute Gasteiger partial charge is 0.309 e. The highest BCUT2D eigenvalue weighted by atomic mass is 35.5. The van der Waals surface area contributed by atoms with E-state index in [0.717, 1.165) is 18.7 Å². The lowest BCUT2D eigenvalue weighted by Crippen LogP contribution is -2.13. The van der Waals surface area contributed by atoms with Gasteiger partial charge in [-0.2, -0.15) is 0 Å². The van der Waals surface area contributed by atoms with Crippen molar-refractivity contribution in [3.63, 3.8) is 0 Å². The molecule has 0 atom stereocenters. The third kappa shape index (κ3) is 3.45. The fourth-order valence-corrected chi connectivity index (χ4v) is 1.99. The summed E-state index contributed by atoms with van der Waals surface area (Å²) < 4.78 is 0. The van der Waals surface area contributed by atoms with Crippen molar-refractivity contribution in [2.75, 3.05) is 0 Å². The van der Waals surface area contributed by atoms with Crippen LogP contribution in [0, 0.1) is 6.92 Å². The molecule has 2 nitrogen and oxygen atoms in total. The zero-order valence-corrected chi connectivity index (χ0v) is 11.6. The molecule has 0 amide bonds. The van der Waals surface area contributed by atoms with Gasteiger partial charge in [-0.05, 0) is 41.8 Å². The van der Waals surface area contributed by atoms with E-state index in [9.17, 15) is 0 Å². The Labute approximate surface area is 117 Å². The van der Waals surface area contributed by atoms with Gasteiger partial charge in [0.15, 0.2) is 0 Å². The highest BCUT2D eigenvalue weighted by molar-refractivity contribution is 6.42. The predicted octanol–water partition coefficient (Wildman–Crippen LogP) is 3.99. The Morgan fingerprint density at radius 3 is 2.67 bits per heavy atom. The minimum absolute atomic E-state index is 0.587. The van der Waals surface area contributed by atoms with Crippen molar-refractivity contribution in [3.8, 4) is 0 Å². The summed E-state index contributed by atoms with van der Waals surface area (Å²) in [7, 11) is 0. The summed E-state index contributed by atoms with van der Waals surface area (Å²) in [4.78, 5) is 4.12. The number of benzene rings is 1. The van der Waals surface area contributed by atoms with Gasteiger partial charge in [0.25, 0.3) is 0 Å². The van der Waals surface area contributed by atoms with Gasteiger partial charge in [0.1, 0.15) is 0 Å². The monoisotopic (exact) mass is 280 g/mol. The topological polar surface area (TPSA) is 24.9 Å². The SMILES string of the molecule is Cc1ccncc1CNCc1ccc(Cl)c(Cl)c1. The van der Waals surface area contributed by atoms with E-state index >= 15 is 0 Å². The summed E-state index contributed by atoms with van der Waals surface area (Å²) in [6.45, 7) is 3.63. The molecule has 0 radical (unpaired) electrons. The molecule has 1 N–H and O–H groups in total. The molecule has 18 heavy (non-hydrogen) atoms. The summed E-state index contributed by atoms with van der Waals surface area (Å²) in [5.41, 5.74) is 3.56. The van der Waals surface area contributed by atoms with Crippen molar-refractivity contribution in [2.45, 2.75) is 20.0 Å². The van der Waals surface area contributed by atoms with Crippen LogP contribution in [-0.2, 0) is 13.1 Å². The van der Waals surface area contributed by atoms with Crippen LogP contribution in [-0.4, -0.2) is 4.98 Å². The number of hydrogen-bond donors (Lipinski definition) is 1. The first kappa shape index (κ1) is 13.3. The van der Waals surface area contributed by atoms with Gasteiger partial charge < -0.3 is 5.32 Å². The highest BCUT2D eigenvalue weighted by Gasteiger charge is 2.00. The Hall–Kier alpha value is -1.09. The Morgan fingerprint density at radius 2 is 1.94 bits per heavy atom. The lowest BCUT2D eigenvalue weighted by atomic mass is 10.1. The summed E-state index contributed by atoms with van der Waals surface area (Å²) in [5, 5.41) is 4.54. The second kappa shape index (κ2) is 6.19. The number of pyridine rings is 1. The molecule has 2 rings (SSSR count). The molecule has 4 heteroatoms. The maximum absolute atomic E-state index is 5.97. The molecule has 2 aromatic rings. The molecule has 0 aliphatic rings. The molecule has 1 aromatic heterocycles. The Balaban J connectivity index is 1.92. The second-order valence-electron chi connectivity index (χ2n) is 4.15. The van der Waals surface area contributed by atoms with Crippen molar-refractivity contribution < 1.29 is 0 Å². The standard InChI is InChI=1S/C14H14Cl2N2/c1-10-4-5-17-8-12(10)9-18-7-11-2-3-13(15)14(16)6-11/h2-6,8,18H,7,9H2,1H3. The number of rotatable bonds is 4. The van der Waals surface area contributed by atoms with Crippen molar-refractivity contribution in [3.05, 3.63) is 63.4 Å². The van der Waals surface area contributed by atoms with Gasteiger partial charge in [0, 0.05) is 25.5 Å². The van der Waals surface area contributed by atoms with Crippen LogP contribution in [0.1, 0.15) is 16.7 Å². The van der Waals surface area contributed by atoms with E-state index in [1.807, 2.05) is 30.5 Å². The zero-order valence-electron chi connectivity index (χ0n) is 10.1. The lowest BCUT2D eigenvalue weighted by molar-refractivity contribution is 0.688. The molecular weight excluding hydrogens is 267 g/mol. The summed E-state index contributed by atoms with van der Waals surface area (Å²) in [6.07, 6.45) is 3.69. The van der Waals surface area contributed by atoms with Gasteiger partial charge >= 0.3 is 0 Å². The van der Waals surface area contributed by atoms with Gasteiger partial charge in [-0.3, -0.25) is 4.98 Å². The van der Waals surface area contributed by atoms with Gasteiger partial charge in [-0.25, -0.2) is 0 Å². The van der Waals surface area contributed by atoms with Crippen LogP contribution in [0.25, 0.3) is 0 Å². The third-order valence-corrected chi connectivity index (χ3v) is 3.52. The first-order valence-electron chi connectivity index (χ1n) is 5.71. The first-order valence-corrected chi connectivity index (χ1v) is 6.46. The molecule has 0 aliphatic carbocycles. The van der Waals surface area contributed by atoms with E-state index in [0.29, 0.717) is 10.0 Å². The van der Waals surface area contributed by atoms with Gasteiger partial charge in [-0.15, -0.1) is 0 Å². The van der Waals surface area contributed by atoms with Gasteiger partial charge in [0.05, 0.1) is 10.0 Å². The van der Waals surface area contributed by atoms with E-state index in [-0.39, 0.29) is 0 Å². The molecule has 0 saturated heterocycles. The van der Waals surface area contributed by atoms with Crippen LogP contribution < -0.4 is 5.32 Å². The normalized spacial score (nSPS) is 10.6. The van der Waals surface area contributed by atoms with Crippen LogP contribution in [0.5, 0.6) is 0 Å². The van der Waals surface area contributed by atoms with E-state index in [1.54, 1.807) is 6.20 Å². The van der Waals surface area contributed by atoms with E-state index < -0.39 is 0 Å². The summed E-state index contributed by atoms with van der Waals surface area (Å²) in [5.74, 6) is 0. The maximum atomic E-state index is 5.97. The fraction of sp³-hybridized carbons (Fsp3) is 0.214. The van der Waals surface area contributed by atoms with Crippen LogP contribution in [0.4, 0.5) is 0 Å². The average molecular weight is 281 g/mol. The Morgan fingerprint density at radius 1 is 1.11 bits per heavy atom. The minimum Gasteiger partial charge on any atom is -0.309 e. The Kier molecular flexibility index (Phi) is 4.59. The van der Waals surface area contributed by atoms with Crippen molar-refractivity contribution >= 4 is 23.2 Å². The minimum atomic E-state index is 0.587. The summed E-state index contributed by atoms with van der Waals surface area (Å²) in [6, 6.07) is 7.68. The smallest absolute Gasteiger partial charge is 0.0595 e. The summed E-state index contributed by atoms with van der Waals surface area (Å²) >= 11 is 11.8.